The summed E-state index contributed by atoms with van der Waals surface area (Å²) in [6, 6.07) is 8.07. The van der Waals surface area contributed by atoms with Crippen molar-refractivity contribution < 1.29 is 22.0 Å². The predicted octanol–water partition coefficient (Wildman–Crippen LogP) is 3.38. The lowest BCUT2D eigenvalue weighted by molar-refractivity contribution is -0.116. The molecule has 8 heteroatoms. The number of carbonyl (C=O) groups is 1. The van der Waals surface area contributed by atoms with Crippen LogP contribution in [0, 0.1) is 25.5 Å². The van der Waals surface area contributed by atoms with Crippen LogP contribution in [-0.2, 0) is 14.8 Å². The third kappa shape index (κ3) is 4.78. The van der Waals surface area contributed by atoms with Crippen molar-refractivity contribution in [1.29, 1.82) is 0 Å². The number of nitrogens with one attached hydrogen (secondary N) is 1. The van der Waals surface area contributed by atoms with Gasteiger partial charge in [-0.05, 0) is 43.2 Å². The summed E-state index contributed by atoms with van der Waals surface area (Å²) in [6.07, 6.45) is 0.879. The molecule has 5 nitrogen and oxygen atoms in total. The number of halogens is 2. The van der Waals surface area contributed by atoms with Gasteiger partial charge in [0.1, 0.15) is 11.6 Å². The van der Waals surface area contributed by atoms with E-state index in [1.807, 2.05) is 13.0 Å². The fraction of sp³-hybridized carbons (Fsp3) is 0.278. The first kappa shape index (κ1) is 19.8. The Morgan fingerprint density at radius 3 is 2.46 bits per heavy atom. The molecule has 0 aliphatic rings. The van der Waals surface area contributed by atoms with Gasteiger partial charge < -0.3 is 5.32 Å². The highest BCUT2D eigenvalue weighted by atomic mass is 32.2. The second-order valence-electron chi connectivity index (χ2n) is 5.98. The van der Waals surface area contributed by atoms with Crippen molar-refractivity contribution in [2.45, 2.75) is 20.3 Å². The number of rotatable bonds is 6. The Kier molecular flexibility index (Phi) is 5.97. The molecule has 0 unspecified atom stereocenters. The van der Waals surface area contributed by atoms with Gasteiger partial charge in [0, 0.05) is 19.0 Å². The number of sulfonamides is 1. The van der Waals surface area contributed by atoms with Crippen LogP contribution in [0.1, 0.15) is 17.5 Å². The highest BCUT2D eigenvalue weighted by molar-refractivity contribution is 7.92. The van der Waals surface area contributed by atoms with E-state index in [0.29, 0.717) is 11.8 Å². The van der Waals surface area contributed by atoms with Gasteiger partial charge in [0.25, 0.3) is 0 Å². The number of anilines is 2. The summed E-state index contributed by atoms with van der Waals surface area (Å²) in [5, 5.41) is 2.32. The third-order valence-corrected chi connectivity index (χ3v) is 5.17. The molecule has 0 fully saturated rings. The molecule has 0 spiro atoms. The monoisotopic (exact) mass is 382 g/mol. The van der Waals surface area contributed by atoms with E-state index in [-0.39, 0.29) is 18.7 Å². The van der Waals surface area contributed by atoms with Gasteiger partial charge in [-0.1, -0.05) is 12.1 Å². The van der Waals surface area contributed by atoms with Gasteiger partial charge in [0.05, 0.1) is 17.6 Å². The lowest BCUT2D eigenvalue weighted by Crippen LogP contribution is -2.33. The SMILES string of the molecule is Cc1cccc(N(CCC(=O)Nc2ccc(F)cc2F)S(C)(=O)=O)c1C. The molecule has 0 bridgehead atoms. The molecular weight excluding hydrogens is 362 g/mol. The Morgan fingerprint density at radius 2 is 1.85 bits per heavy atom. The lowest BCUT2D eigenvalue weighted by atomic mass is 10.1. The molecule has 0 radical (unpaired) electrons. The summed E-state index contributed by atoms with van der Waals surface area (Å²) in [6.45, 7) is 3.57. The Hall–Kier alpha value is -2.48. The van der Waals surface area contributed by atoms with E-state index < -0.39 is 27.6 Å². The van der Waals surface area contributed by atoms with E-state index in [9.17, 15) is 22.0 Å². The van der Waals surface area contributed by atoms with Crippen molar-refractivity contribution in [3.8, 4) is 0 Å². The number of aryl methyl sites for hydroxylation is 1. The van der Waals surface area contributed by atoms with Crippen LogP contribution in [0.5, 0.6) is 0 Å². The molecule has 2 aromatic rings. The van der Waals surface area contributed by atoms with Crippen LogP contribution in [0.3, 0.4) is 0 Å². The molecule has 26 heavy (non-hydrogen) atoms. The number of carbonyl (C=O) groups excluding carboxylic acids is 1. The van der Waals surface area contributed by atoms with E-state index in [1.54, 1.807) is 19.1 Å². The molecule has 140 valence electrons. The first-order chi connectivity index (χ1) is 12.1. The highest BCUT2D eigenvalue weighted by Gasteiger charge is 2.21. The molecule has 0 heterocycles. The first-order valence-electron chi connectivity index (χ1n) is 7.88. The second-order valence-corrected chi connectivity index (χ2v) is 7.88. The second kappa shape index (κ2) is 7.82. The molecule has 0 aromatic heterocycles. The van der Waals surface area contributed by atoms with Gasteiger partial charge in [-0.2, -0.15) is 0 Å². The first-order valence-corrected chi connectivity index (χ1v) is 9.73. The standard InChI is InChI=1S/C18H20F2N2O3S/c1-12-5-4-6-17(13(12)2)22(26(3,24)25)10-9-18(23)21-16-8-7-14(19)11-15(16)20/h4-8,11H,9-10H2,1-3H3,(H,21,23). The molecule has 0 saturated carbocycles. The van der Waals surface area contributed by atoms with Gasteiger partial charge in [0.2, 0.25) is 15.9 Å². The molecule has 0 atom stereocenters. The van der Waals surface area contributed by atoms with E-state index in [0.717, 1.165) is 33.8 Å². The molecular formula is C18H20F2N2O3S. The third-order valence-electron chi connectivity index (χ3n) is 3.99. The summed E-state index contributed by atoms with van der Waals surface area (Å²) >= 11 is 0. The van der Waals surface area contributed by atoms with Gasteiger partial charge in [-0.3, -0.25) is 9.10 Å². The number of benzene rings is 2. The molecule has 0 aliphatic heterocycles. The van der Waals surface area contributed by atoms with E-state index in [2.05, 4.69) is 5.32 Å². The molecule has 0 saturated heterocycles. The number of amides is 1. The number of nitrogens with zero attached hydrogens (tertiary/aromatic N) is 1. The summed E-state index contributed by atoms with van der Waals surface area (Å²) in [7, 11) is -3.61. The Morgan fingerprint density at radius 1 is 1.15 bits per heavy atom. The minimum absolute atomic E-state index is 0.0994. The van der Waals surface area contributed by atoms with Crippen LogP contribution in [0.15, 0.2) is 36.4 Å². The van der Waals surface area contributed by atoms with Crippen LogP contribution < -0.4 is 9.62 Å². The zero-order valence-electron chi connectivity index (χ0n) is 14.7. The number of hydrogen-bond acceptors (Lipinski definition) is 3. The van der Waals surface area contributed by atoms with Crippen LogP contribution >= 0.6 is 0 Å². The molecule has 2 rings (SSSR count). The van der Waals surface area contributed by atoms with Gasteiger partial charge in [-0.15, -0.1) is 0 Å². The van der Waals surface area contributed by atoms with Crippen molar-refractivity contribution in [1.82, 2.24) is 0 Å². The molecule has 1 N–H and O–H groups in total. The summed E-state index contributed by atoms with van der Waals surface area (Å²) in [5.74, 6) is -2.22. The highest BCUT2D eigenvalue weighted by Crippen LogP contribution is 2.25. The Labute approximate surface area is 151 Å². The van der Waals surface area contributed by atoms with Crippen molar-refractivity contribution in [3.63, 3.8) is 0 Å². The zero-order valence-corrected chi connectivity index (χ0v) is 15.5. The van der Waals surface area contributed by atoms with Gasteiger partial charge in [0.15, 0.2) is 0 Å². The molecule has 1 amide bonds. The van der Waals surface area contributed by atoms with E-state index >= 15 is 0 Å². The maximum absolute atomic E-state index is 13.6. The topological polar surface area (TPSA) is 66.5 Å². The maximum Gasteiger partial charge on any atom is 0.232 e. The number of hydrogen-bond donors (Lipinski definition) is 1. The largest absolute Gasteiger partial charge is 0.324 e. The fourth-order valence-electron chi connectivity index (χ4n) is 2.48. The normalized spacial score (nSPS) is 11.3. The fourth-order valence-corrected chi connectivity index (χ4v) is 3.46. The predicted molar refractivity (Wildman–Crippen MR) is 97.7 cm³/mol. The minimum Gasteiger partial charge on any atom is -0.324 e. The average Bonchev–Trinajstić information content (AvgIpc) is 2.53. The smallest absolute Gasteiger partial charge is 0.232 e. The zero-order chi connectivity index (χ0) is 19.5. The van der Waals surface area contributed by atoms with Gasteiger partial charge >= 0.3 is 0 Å². The maximum atomic E-state index is 13.6. The van der Waals surface area contributed by atoms with Crippen LogP contribution in [0.2, 0.25) is 0 Å². The molecule has 0 aliphatic carbocycles. The minimum atomic E-state index is -3.61. The average molecular weight is 382 g/mol. The van der Waals surface area contributed by atoms with E-state index in [4.69, 9.17) is 0 Å². The Bertz CT molecular complexity index is 930. The lowest BCUT2D eigenvalue weighted by Gasteiger charge is -2.24. The van der Waals surface area contributed by atoms with Crippen molar-refractivity contribution in [3.05, 3.63) is 59.2 Å². The summed E-state index contributed by atoms with van der Waals surface area (Å²) in [5.41, 5.74) is 2.05. The van der Waals surface area contributed by atoms with Crippen LogP contribution in [0.25, 0.3) is 0 Å². The Balaban J connectivity index is 2.15. The van der Waals surface area contributed by atoms with Crippen molar-refractivity contribution >= 4 is 27.3 Å². The summed E-state index contributed by atoms with van der Waals surface area (Å²) < 4.78 is 52.0. The van der Waals surface area contributed by atoms with E-state index in [1.165, 1.54) is 0 Å². The van der Waals surface area contributed by atoms with Crippen LogP contribution in [0.4, 0.5) is 20.2 Å². The quantitative estimate of drug-likeness (QED) is 0.833. The van der Waals surface area contributed by atoms with Crippen LogP contribution in [-0.4, -0.2) is 27.1 Å². The summed E-state index contributed by atoms with van der Waals surface area (Å²) in [4.78, 5) is 12.1. The van der Waals surface area contributed by atoms with Crippen molar-refractivity contribution in [2.75, 3.05) is 22.4 Å². The van der Waals surface area contributed by atoms with Gasteiger partial charge in [-0.25, -0.2) is 17.2 Å². The van der Waals surface area contributed by atoms with Crippen molar-refractivity contribution in [2.24, 2.45) is 0 Å². The molecule has 2 aromatic carbocycles.